The molecule has 2 aromatic rings. The van der Waals surface area contributed by atoms with Crippen LogP contribution >= 0.6 is 0 Å². The summed E-state index contributed by atoms with van der Waals surface area (Å²) in [7, 11) is 4.63. The Kier molecular flexibility index (Phi) is 5.82. The van der Waals surface area contributed by atoms with E-state index < -0.39 is 0 Å². The van der Waals surface area contributed by atoms with Crippen molar-refractivity contribution in [2.45, 2.75) is 12.8 Å². The van der Waals surface area contributed by atoms with Gasteiger partial charge in [-0.1, -0.05) is 6.07 Å². The Morgan fingerprint density at radius 1 is 0.929 bits per heavy atom. The Labute approximate surface area is 163 Å². The van der Waals surface area contributed by atoms with E-state index in [-0.39, 0.29) is 29.3 Å². The molecule has 1 fully saturated rings. The van der Waals surface area contributed by atoms with Gasteiger partial charge in [0.25, 0.3) is 0 Å². The van der Waals surface area contributed by atoms with Crippen LogP contribution in [0.15, 0.2) is 30.3 Å². The second kappa shape index (κ2) is 8.29. The van der Waals surface area contributed by atoms with Crippen LogP contribution in [0.4, 0.5) is 0 Å². The molecule has 0 aromatic heterocycles. The summed E-state index contributed by atoms with van der Waals surface area (Å²) in [6, 6.07) is 8.34. The van der Waals surface area contributed by atoms with Gasteiger partial charge in [-0.2, -0.15) is 0 Å². The van der Waals surface area contributed by atoms with Crippen molar-refractivity contribution in [3.63, 3.8) is 0 Å². The van der Waals surface area contributed by atoms with Gasteiger partial charge in [0.1, 0.15) is 0 Å². The molecule has 1 aliphatic heterocycles. The molecule has 2 aromatic carbocycles. The fraction of sp³-hybridized carbons (Fsp3) is 0.381. The number of phenolic OH excluding ortho intramolecular Hbond substituents is 2. The summed E-state index contributed by atoms with van der Waals surface area (Å²) >= 11 is 0. The summed E-state index contributed by atoms with van der Waals surface area (Å²) in [5, 5.41) is 19.2. The van der Waals surface area contributed by atoms with Gasteiger partial charge in [0, 0.05) is 5.92 Å². The van der Waals surface area contributed by atoms with Gasteiger partial charge in [0.2, 0.25) is 5.75 Å². The molecule has 0 bridgehead atoms. The van der Waals surface area contributed by atoms with Crippen LogP contribution in [0.5, 0.6) is 28.7 Å². The summed E-state index contributed by atoms with van der Waals surface area (Å²) in [6.07, 6.45) is 1.01. The molecule has 1 saturated heterocycles. The summed E-state index contributed by atoms with van der Waals surface area (Å²) in [5.74, 6) is 0.585. The molecule has 0 saturated carbocycles. The molecule has 1 aliphatic rings. The van der Waals surface area contributed by atoms with Crippen molar-refractivity contribution in [1.82, 2.24) is 0 Å². The van der Waals surface area contributed by atoms with Crippen molar-refractivity contribution in [1.29, 1.82) is 0 Å². The van der Waals surface area contributed by atoms with Crippen LogP contribution < -0.4 is 14.2 Å². The van der Waals surface area contributed by atoms with E-state index in [0.717, 1.165) is 11.1 Å². The van der Waals surface area contributed by atoms with Crippen LogP contribution in [-0.4, -0.2) is 44.1 Å². The second-order valence-electron chi connectivity index (χ2n) is 6.76. The van der Waals surface area contributed by atoms with Crippen molar-refractivity contribution in [2.75, 3.05) is 27.9 Å². The number of carbonyl (C=O) groups is 1. The van der Waals surface area contributed by atoms with E-state index in [0.29, 0.717) is 36.7 Å². The molecule has 0 radical (unpaired) electrons. The second-order valence-corrected chi connectivity index (χ2v) is 6.76. The largest absolute Gasteiger partial charge is 0.504 e. The van der Waals surface area contributed by atoms with E-state index in [9.17, 15) is 15.0 Å². The summed E-state index contributed by atoms with van der Waals surface area (Å²) < 4.78 is 21.4. The number of hydrogen-bond donors (Lipinski definition) is 2. The predicted octanol–water partition coefficient (Wildman–Crippen LogP) is 2.70. The zero-order chi connectivity index (χ0) is 20.3. The lowest BCUT2D eigenvalue weighted by Crippen LogP contribution is -2.20. The fourth-order valence-electron chi connectivity index (χ4n) is 3.56. The minimum Gasteiger partial charge on any atom is -0.504 e. The molecule has 1 heterocycles. The highest BCUT2D eigenvalue weighted by atomic mass is 16.5. The summed E-state index contributed by atoms with van der Waals surface area (Å²) in [4.78, 5) is 12.3. The average Bonchev–Trinajstić information content (AvgIpc) is 3.03. The van der Waals surface area contributed by atoms with Crippen molar-refractivity contribution in [3.05, 3.63) is 41.5 Å². The normalized spacial score (nSPS) is 18.6. The van der Waals surface area contributed by atoms with Crippen molar-refractivity contribution in [2.24, 2.45) is 11.8 Å². The topological polar surface area (TPSA) is 94.5 Å². The first kappa shape index (κ1) is 19.7. The maximum absolute atomic E-state index is 12.3. The van der Waals surface area contributed by atoms with Crippen LogP contribution in [0.1, 0.15) is 11.1 Å². The maximum Gasteiger partial charge on any atom is 0.309 e. The molecule has 150 valence electrons. The van der Waals surface area contributed by atoms with Crippen molar-refractivity contribution >= 4 is 5.97 Å². The van der Waals surface area contributed by atoms with Gasteiger partial charge in [-0.25, -0.2) is 0 Å². The average molecular weight is 388 g/mol. The highest BCUT2D eigenvalue weighted by Crippen LogP contribution is 2.40. The number of methoxy groups -OCH3 is 3. The molecule has 2 N–H and O–H groups in total. The number of cyclic esters (lactones) is 1. The zero-order valence-electron chi connectivity index (χ0n) is 16.1. The first-order valence-corrected chi connectivity index (χ1v) is 8.93. The van der Waals surface area contributed by atoms with E-state index in [4.69, 9.17) is 18.9 Å². The molecular formula is C21H24O7. The number of phenols is 2. The smallest absolute Gasteiger partial charge is 0.309 e. The first-order valence-electron chi connectivity index (χ1n) is 8.93. The molecule has 2 atom stereocenters. The first-order chi connectivity index (χ1) is 13.5. The number of carbonyl (C=O) groups excluding carboxylic acids is 1. The Morgan fingerprint density at radius 2 is 1.61 bits per heavy atom. The van der Waals surface area contributed by atoms with Gasteiger partial charge in [-0.3, -0.25) is 4.79 Å². The van der Waals surface area contributed by atoms with Crippen molar-refractivity contribution < 1.29 is 34.0 Å². The molecule has 0 unspecified atom stereocenters. The lowest BCUT2D eigenvalue weighted by atomic mass is 9.85. The maximum atomic E-state index is 12.3. The van der Waals surface area contributed by atoms with Gasteiger partial charge >= 0.3 is 5.97 Å². The number of benzene rings is 2. The number of esters is 1. The molecule has 0 spiro atoms. The van der Waals surface area contributed by atoms with Gasteiger partial charge in [0.15, 0.2) is 23.0 Å². The molecule has 3 rings (SSSR count). The minimum absolute atomic E-state index is 0.0458. The van der Waals surface area contributed by atoms with Crippen LogP contribution in [0.2, 0.25) is 0 Å². The zero-order valence-corrected chi connectivity index (χ0v) is 16.1. The Bertz CT molecular complexity index is 837. The third-order valence-electron chi connectivity index (χ3n) is 5.03. The third kappa shape index (κ3) is 3.93. The van der Waals surface area contributed by atoms with E-state index in [2.05, 4.69) is 0 Å². The van der Waals surface area contributed by atoms with E-state index in [1.807, 2.05) is 12.1 Å². The number of ether oxygens (including phenoxy) is 4. The molecule has 0 aliphatic carbocycles. The standard InChI is InChI=1S/C21H24O7/c1-25-18-9-13(10-19(26-2)20(18)27-3)7-15-14(11-28-21(15)24)6-12-4-5-16(22)17(23)8-12/h4-5,8-10,14-15,22-23H,6-7,11H2,1-3H3/t14-,15+/m0/s1. The van der Waals surface area contributed by atoms with E-state index in [1.54, 1.807) is 20.3 Å². The lowest BCUT2D eigenvalue weighted by molar-refractivity contribution is -0.141. The van der Waals surface area contributed by atoms with E-state index in [1.165, 1.54) is 19.2 Å². The van der Waals surface area contributed by atoms with Crippen LogP contribution in [-0.2, 0) is 22.4 Å². The fourth-order valence-corrected chi connectivity index (χ4v) is 3.56. The summed E-state index contributed by atoms with van der Waals surface area (Å²) in [5.41, 5.74) is 1.70. The van der Waals surface area contributed by atoms with Gasteiger partial charge in [-0.05, 0) is 48.2 Å². The Morgan fingerprint density at radius 3 is 2.18 bits per heavy atom. The predicted molar refractivity (Wildman–Crippen MR) is 101 cm³/mol. The molecule has 0 amide bonds. The quantitative estimate of drug-likeness (QED) is 0.556. The van der Waals surface area contributed by atoms with Crippen LogP contribution in [0.3, 0.4) is 0 Å². The highest BCUT2D eigenvalue weighted by Gasteiger charge is 2.37. The Hall–Kier alpha value is -3.09. The van der Waals surface area contributed by atoms with E-state index >= 15 is 0 Å². The Balaban J connectivity index is 1.83. The lowest BCUT2D eigenvalue weighted by Gasteiger charge is -2.18. The highest BCUT2D eigenvalue weighted by molar-refractivity contribution is 5.75. The monoisotopic (exact) mass is 388 g/mol. The van der Waals surface area contributed by atoms with Gasteiger partial charge in [-0.15, -0.1) is 0 Å². The molecule has 7 heteroatoms. The summed E-state index contributed by atoms with van der Waals surface area (Å²) in [6.45, 7) is 0.315. The van der Waals surface area contributed by atoms with Gasteiger partial charge in [0.05, 0.1) is 33.9 Å². The minimum atomic E-state index is -0.334. The number of rotatable bonds is 7. The van der Waals surface area contributed by atoms with Crippen LogP contribution in [0, 0.1) is 11.8 Å². The van der Waals surface area contributed by atoms with Gasteiger partial charge < -0.3 is 29.2 Å². The third-order valence-corrected chi connectivity index (χ3v) is 5.03. The van der Waals surface area contributed by atoms with Crippen molar-refractivity contribution in [3.8, 4) is 28.7 Å². The van der Waals surface area contributed by atoms with Crippen LogP contribution in [0.25, 0.3) is 0 Å². The molecule has 28 heavy (non-hydrogen) atoms. The number of aromatic hydroxyl groups is 2. The molecule has 7 nitrogen and oxygen atoms in total. The molecular weight excluding hydrogens is 364 g/mol. The SMILES string of the molecule is COc1cc(C[C@H]2C(=O)OC[C@@H]2Cc2ccc(O)c(O)c2)cc(OC)c1OC. The number of hydrogen-bond acceptors (Lipinski definition) is 7.